The Morgan fingerprint density at radius 2 is 2.29 bits per heavy atom. The Balaban J connectivity index is 2.05. The van der Waals surface area contributed by atoms with E-state index in [4.69, 9.17) is 22.5 Å². The molecular formula is C14H17ClFN3O2. The molecule has 1 aliphatic rings. The zero-order valence-electron chi connectivity index (χ0n) is 11.6. The molecule has 0 aromatic heterocycles. The molecule has 0 saturated heterocycles. The van der Waals surface area contributed by atoms with Crippen LogP contribution in [0.2, 0.25) is 5.02 Å². The van der Waals surface area contributed by atoms with Crippen LogP contribution in [0.25, 0.3) is 0 Å². The summed E-state index contributed by atoms with van der Waals surface area (Å²) in [5, 5.41) is 14.6. The van der Waals surface area contributed by atoms with Gasteiger partial charge in [0, 0.05) is 6.54 Å². The van der Waals surface area contributed by atoms with E-state index in [2.05, 4.69) is 10.5 Å². The zero-order valence-corrected chi connectivity index (χ0v) is 12.3. The largest absolute Gasteiger partial charge is 0.409 e. The average molecular weight is 314 g/mol. The summed E-state index contributed by atoms with van der Waals surface area (Å²) in [6, 6.07) is 4.24. The first-order chi connectivity index (χ1) is 9.89. The smallest absolute Gasteiger partial charge is 0.234 e. The summed E-state index contributed by atoms with van der Waals surface area (Å²) in [6.45, 7) is 2.20. The predicted octanol–water partition coefficient (Wildman–Crippen LogP) is 2.26. The Bertz CT molecular complexity index is 586. The van der Waals surface area contributed by atoms with Gasteiger partial charge < -0.3 is 16.3 Å². The van der Waals surface area contributed by atoms with Crippen LogP contribution in [-0.4, -0.2) is 17.0 Å². The van der Waals surface area contributed by atoms with Crippen LogP contribution in [0.4, 0.5) is 4.39 Å². The molecule has 0 atom stereocenters. The van der Waals surface area contributed by atoms with Gasteiger partial charge in [-0.25, -0.2) is 4.39 Å². The second-order valence-corrected chi connectivity index (χ2v) is 5.92. The first kappa shape index (κ1) is 15.6. The summed E-state index contributed by atoms with van der Waals surface area (Å²) >= 11 is 5.69. The minimum absolute atomic E-state index is 0.00478. The van der Waals surface area contributed by atoms with Gasteiger partial charge in [-0.1, -0.05) is 29.7 Å². The molecule has 4 N–H and O–H groups in total. The van der Waals surface area contributed by atoms with Crippen LogP contribution in [-0.2, 0) is 11.3 Å². The number of rotatable bonds is 4. The first-order valence-electron chi connectivity index (χ1n) is 6.59. The number of hydrogen-bond donors (Lipinski definition) is 3. The van der Waals surface area contributed by atoms with Gasteiger partial charge in [-0.3, -0.25) is 4.79 Å². The fourth-order valence-electron chi connectivity index (χ4n) is 2.74. The maximum Gasteiger partial charge on any atom is 0.234 e. The maximum atomic E-state index is 13.1. The SMILES string of the molecule is CC1CC(C(=O)NCc2ccc(F)c(Cl)c2)(/C(N)=N/O)C1. The number of nitrogens with two attached hydrogens (primary N) is 1. The quantitative estimate of drug-likeness (QED) is 0.345. The van der Waals surface area contributed by atoms with Crippen LogP contribution in [0.1, 0.15) is 25.3 Å². The summed E-state index contributed by atoms with van der Waals surface area (Å²) in [4.78, 5) is 12.3. The minimum atomic E-state index is -0.946. The second kappa shape index (κ2) is 5.89. The van der Waals surface area contributed by atoms with Crippen LogP contribution in [0.15, 0.2) is 23.4 Å². The van der Waals surface area contributed by atoms with E-state index in [0.717, 1.165) is 0 Å². The van der Waals surface area contributed by atoms with Crippen LogP contribution in [0, 0.1) is 17.2 Å². The van der Waals surface area contributed by atoms with Crippen molar-refractivity contribution in [2.45, 2.75) is 26.3 Å². The molecule has 2 rings (SSSR count). The van der Waals surface area contributed by atoms with E-state index < -0.39 is 11.2 Å². The lowest BCUT2D eigenvalue weighted by Crippen LogP contribution is -2.56. The molecule has 1 aliphatic carbocycles. The average Bonchev–Trinajstić information content (AvgIpc) is 2.43. The molecule has 5 nitrogen and oxygen atoms in total. The van der Waals surface area contributed by atoms with Gasteiger partial charge in [-0.05, 0) is 36.5 Å². The molecular weight excluding hydrogens is 297 g/mol. The second-order valence-electron chi connectivity index (χ2n) is 5.51. The highest BCUT2D eigenvalue weighted by Crippen LogP contribution is 2.45. The van der Waals surface area contributed by atoms with Crippen LogP contribution >= 0.6 is 11.6 Å². The van der Waals surface area contributed by atoms with Gasteiger partial charge in [0.1, 0.15) is 11.2 Å². The molecule has 1 aromatic rings. The van der Waals surface area contributed by atoms with Gasteiger partial charge >= 0.3 is 0 Å². The van der Waals surface area contributed by atoms with Crippen LogP contribution < -0.4 is 11.1 Å². The van der Waals surface area contributed by atoms with E-state index in [0.29, 0.717) is 24.3 Å². The first-order valence-corrected chi connectivity index (χ1v) is 6.97. The third-order valence-electron chi connectivity index (χ3n) is 3.86. The van der Waals surface area contributed by atoms with Crippen molar-refractivity contribution in [1.82, 2.24) is 5.32 Å². The van der Waals surface area contributed by atoms with E-state index in [9.17, 15) is 9.18 Å². The van der Waals surface area contributed by atoms with Gasteiger partial charge in [0.25, 0.3) is 0 Å². The zero-order chi connectivity index (χ0) is 15.6. The third-order valence-corrected chi connectivity index (χ3v) is 4.15. The van der Waals surface area contributed by atoms with Crippen molar-refractivity contribution in [3.63, 3.8) is 0 Å². The molecule has 0 heterocycles. The topological polar surface area (TPSA) is 87.7 Å². The number of nitrogens with one attached hydrogen (secondary N) is 1. The fraction of sp³-hybridized carbons (Fsp3) is 0.429. The van der Waals surface area contributed by atoms with Crippen molar-refractivity contribution < 1.29 is 14.4 Å². The molecule has 1 aromatic carbocycles. The summed E-state index contributed by atoms with van der Waals surface area (Å²) in [5.74, 6) is -0.532. The number of oxime groups is 1. The highest BCUT2D eigenvalue weighted by Gasteiger charge is 2.52. The number of carbonyl (C=O) groups is 1. The van der Waals surface area contributed by atoms with Crippen molar-refractivity contribution >= 4 is 23.3 Å². The van der Waals surface area contributed by atoms with Crippen molar-refractivity contribution in [1.29, 1.82) is 0 Å². The Morgan fingerprint density at radius 1 is 1.62 bits per heavy atom. The summed E-state index contributed by atoms with van der Waals surface area (Å²) in [5.41, 5.74) is 5.39. The Labute approximate surface area is 127 Å². The maximum absolute atomic E-state index is 13.1. The van der Waals surface area contributed by atoms with E-state index in [1.165, 1.54) is 12.1 Å². The van der Waals surface area contributed by atoms with Crippen molar-refractivity contribution in [3.8, 4) is 0 Å². The predicted molar refractivity (Wildman–Crippen MR) is 77.5 cm³/mol. The molecule has 0 radical (unpaired) electrons. The molecule has 1 saturated carbocycles. The number of amidine groups is 1. The summed E-state index contributed by atoms with van der Waals surface area (Å²) < 4.78 is 13.1. The number of halogens is 2. The van der Waals surface area contributed by atoms with Gasteiger partial charge in [0.2, 0.25) is 5.91 Å². The summed E-state index contributed by atoms with van der Waals surface area (Å²) in [7, 11) is 0. The Kier molecular flexibility index (Phi) is 4.37. The Morgan fingerprint density at radius 3 is 2.81 bits per heavy atom. The Hall–Kier alpha value is -1.82. The van der Waals surface area contributed by atoms with Crippen molar-refractivity contribution in [3.05, 3.63) is 34.6 Å². The van der Waals surface area contributed by atoms with Gasteiger partial charge in [-0.2, -0.15) is 0 Å². The molecule has 0 unspecified atom stereocenters. The molecule has 1 amide bonds. The van der Waals surface area contributed by atoms with Gasteiger partial charge in [0.15, 0.2) is 5.84 Å². The lowest BCUT2D eigenvalue weighted by Gasteiger charge is -2.43. The summed E-state index contributed by atoms with van der Waals surface area (Å²) in [6.07, 6.45) is 1.08. The molecule has 0 spiro atoms. The van der Waals surface area contributed by atoms with E-state index in [1.807, 2.05) is 6.92 Å². The number of hydrogen-bond acceptors (Lipinski definition) is 3. The molecule has 21 heavy (non-hydrogen) atoms. The third kappa shape index (κ3) is 2.95. The molecule has 114 valence electrons. The number of nitrogens with zero attached hydrogens (tertiary/aromatic N) is 1. The number of carbonyl (C=O) groups excluding carboxylic acids is 1. The highest BCUT2D eigenvalue weighted by atomic mass is 35.5. The van der Waals surface area contributed by atoms with Crippen molar-refractivity contribution in [2.24, 2.45) is 22.2 Å². The molecule has 1 fully saturated rings. The van der Waals surface area contributed by atoms with Gasteiger partial charge in [0.05, 0.1) is 5.02 Å². The van der Waals surface area contributed by atoms with E-state index >= 15 is 0 Å². The van der Waals surface area contributed by atoms with Gasteiger partial charge in [-0.15, -0.1) is 0 Å². The fourth-order valence-corrected chi connectivity index (χ4v) is 2.94. The lowest BCUT2D eigenvalue weighted by molar-refractivity contribution is -0.133. The monoisotopic (exact) mass is 313 g/mol. The molecule has 0 bridgehead atoms. The molecule has 0 aliphatic heterocycles. The van der Waals surface area contributed by atoms with E-state index in [-0.39, 0.29) is 23.3 Å². The normalized spacial score (nSPS) is 25.3. The van der Waals surface area contributed by atoms with Crippen LogP contribution in [0.3, 0.4) is 0 Å². The standard InChI is InChI=1S/C14H17ClFN3O2/c1-8-5-14(6-8,12(17)19-21)13(20)18-7-9-2-3-11(16)10(15)4-9/h2-4,8,21H,5-7H2,1H3,(H2,17,19)(H,18,20). The van der Waals surface area contributed by atoms with Crippen molar-refractivity contribution in [2.75, 3.05) is 0 Å². The molecule has 7 heteroatoms. The minimum Gasteiger partial charge on any atom is -0.409 e. The number of benzene rings is 1. The number of amides is 1. The highest BCUT2D eigenvalue weighted by molar-refractivity contribution is 6.30. The lowest BCUT2D eigenvalue weighted by atomic mass is 9.61. The van der Waals surface area contributed by atoms with E-state index in [1.54, 1.807) is 6.07 Å². The van der Waals surface area contributed by atoms with Crippen LogP contribution in [0.5, 0.6) is 0 Å².